The molecule has 0 heterocycles. The number of rotatable bonds is 5. The van der Waals surface area contributed by atoms with Crippen LogP contribution in [0.4, 0.5) is 0 Å². The van der Waals surface area contributed by atoms with Crippen molar-refractivity contribution in [3.8, 4) is 5.75 Å². The minimum absolute atomic E-state index is 0.341. The summed E-state index contributed by atoms with van der Waals surface area (Å²) in [6.45, 7) is 4.57. The lowest BCUT2D eigenvalue weighted by molar-refractivity contribution is 0.266. The van der Waals surface area contributed by atoms with Crippen LogP contribution in [-0.2, 0) is 0 Å². The number of methoxy groups -OCH3 is 1. The zero-order valence-corrected chi connectivity index (χ0v) is 12.5. The molecule has 0 bridgehead atoms. The summed E-state index contributed by atoms with van der Waals surface area (Å²) in [6.07, 6.45) is 6.99. The lowest BCUT2D eigenvalue weighted by Gasteiger charge is -2.31. The maximum atomic E-state index is 5.45. The van der Waals surface area contributed by atoms with Crippen molar-refractivity contribution in [3.63, 3.8) is 0 Å². The van der Waals surface area contributed by atoms with E-state index >= 15 is 0 Å². The molecule has 1 aliphatic carbocycles. The molecule has 2 rings (SSSR count). The van der Waals surface area contributed by atoms with Crippen LogP contribution in [0, 0.1) is 5.92 Å². The molecule has 0 amide bonds. The Kier molecular flexibility index (Phi) is 5.26. The Bertz CT molecular complexity index is 385. The Labute approximate surface area is 117 Å². The fourth-order valence-corrected chi connectivity index (χ4v) is 3.28. The highest BCUT2D eigenvalue weighted by Crippen LogP contribution is 2.29. The Morgan fingerprint density at radius 3 is 2.47 bits per heavy atom. The van der Waals surface area contributed by atoms with Gasteiger partial charge in [0.25, 0.3) is 0 Å². The van der Waals surface area contributed by atoms with Crippen molar-refractivity contribution >= 4 is 0 Å². The van der Waals surface area contributed by atoms with Gasteiger partial charge in [0.15, 0.2) is 0 Å². The number of benzene rings is 1. The molecule has 1 aromatic rings. The molecule has 1 aliphatic rings. The zero-order chi connectivity index (χ0) is 13.7. The monoisotopic (exact) mass is 261 g/mol. The molecule has 0 aliphatic heterocycles. The molecule has 1 aromatic carbocycles. The second-order valence-corrected chi connectivity index (χ2v) is 5.82. The maximum absolute atomic E-state index is 5.45. The Morgan fingerprint density at radius 1 is 1.11 bits per heavy atom. The molecular formula is C17H27NO. The first-order chi connectivity index (χ1) is 9.22. The summed E-state index contributed by atoms with van der Waals surface area (Å²) >= 11 is 0. The lowest BCUT2D eigenvalue weighted by Crippen LogP contribution is -2.36. The smallest absolute Gasteiger partial charge is 0.123 e. The average molecular weight is 261 g/mol. The van der Waals surface area contributed by atoms with Crippen LogP contribution in [0.3, 0.4) is 0 Å². The standard InChI is InChI=1S/C17H27NO/c1-13(15-9-5-4-6-10-15)18-14(2)16-11-7-8-12-17(16)19-3/h7-8,11-15,18H,4-6,9-10H2,1-3H3/t13?,14-/m0/s1. The molecule has 2 nitrogen and oxygen atoms in total. The van der Waals surface area contributed by atoms with Gasteiger partial charge in [-0.15, -0.1) is 0 Å². The van der Waals surface area contributed by atoms with Crippen molar-refractivity contribution in [1.82, 2.24) is 5.32 Å². The topological polar surface area (TPSA) is 21.3 Å². The lowest BCUT2D eigenvalue weighted by atomic mass is 9.84. The van der Waals surface area contributed by atoms with E-state index in [-0.39, 0.29) is 0 Å². The van der Waals surface area contributed by atoms with Crippen LogP contribution in [0.1, 0.15) is 57.6 Å². The summed E-state index contributed by atoms with van der Waals surface area (Å²) in [5, 5.41) is 3.76. The van der Waals surface area contributed by atoms with Gasteiger partial charge in [0.05, 0.1) is 7.11 Å². The number of nitrogens with one attached hydrogen (secondary N) is 1. The zero-order valence-electron chi connectivity index (χ0n) is 12.5. The molecule has 0 spiro atoms. The van der Waals surface area contributed by atoms with Gasteiger partial charge in [0, 0.05) is 17.6 Å². The highest BCUT2D eigenvalue weighted by atomic mass is 16.5. The third-order valence-corrected chi connectivity index (χ3v) is 4.48. The highest BCUT2D eigenvalue weighted by Gasteiger charge is 2.22. The molecule has 1 unspecified atom stereocenters. The first-order valence-corrected chi connectivity index (χ1v) is 7.61. The van der Waals surface area contributed by atoms with Crippen molar-refractivity contribution < 1.29 is 4.74 Å². The molecule has 0 aromatic heterocycles. The summed E-state index contributed by atoms with van der Waals surface area (Å²) < 4.78 is 5.45. The van der Waals surface area contributed by atoms with Gasteiger partial charge < -0.3 is 10.1 Å². The summed E-state index contributed by atoms with van der Waals surface area (Å²) in [6, 6.07) is 9.23. The predicted molar refractivity (Wildman–Crippen MR) is 80.6 cm³/mol. The molecular weight excluding hydrogens is 234 g/mol. The summed E-state index contributed by atoms with van der Waals surface area (Å²) in [5.74, 6) is 1.82. The molecule has 2 atom stereocenters. The van der Waals surface area contributed by atoms with E-state index in [1.165, 1.54) is 37.7 Å². The Morgan fingerprint density at radius 2 is 1.79 bits per heavy atom. The van der Waals surface area contributed by atoms with Gasteiger partial charge in [-0.1, -0.05) is 37.5 Å². The van der Waals surface area contributed by atoms with Crippen LogP contribution in [0.2, 0.25) is 0 Å². The quantitative estimate of drug-likeness (QED) is 0.852. The second kappa shape index (κ2) is 6.95. The Hall–Kier alpha value is -1.02. The van der Waals surface area contributed by atoms with Crippen molar-refractivity contribution in [2.24, 2.45) is 5.92 Å². The molecule has 2 heteroatoms. The van der Waals surface area contributed by atoms with Crippen LogP contribution in [-0.4, -0.2) is 13.2 Å². The van der Waals surface area contributed by atoms with Gasteiger partial charge in [-0.2, -0.15) is 0 Å². The second-order valence-electron chi connectivity index (χ2n) is 5.82. The van der Waals surface area contributed by atoms with Gasteiger partial charge in [-0.3, -0.25) is 0 Å². The van der Waals surface area contributed by atoms with Crippen LogP contribution in [0.25, 0.3) is 0 Å². The van der Waals surface area contributed by atoms with Gasteiger partial charge in [0.1, 0.15) is 5.75 Å². The van der Waals surface area contributed by atoms with Crippen molar-refractivity contribution in [1.29, 1.82) is 0 Å². The normalized spacial score (nSPS) is 19.9. The first kappa shape index (κ1) is 14.4. The molecule has 106 valence electrons. The average Bonchev–Trinajstić information content (AvgIpc) is 2.48. The minimum atomic E-state index is 0.341. The summed E-state index contributed by atoms with van der Waals surface area (Å²) in [4.78, 5) is 0. The van der Waals surface area contributed by atoms with Crippen LogP contribution < -0.4 is 10.1 Å². The molecule has 1 N–H and O–H groups in total. The third-order valence-electron chi connectivity index (χ3n) is 4.48. The predicted octanol–water partition coefficient (Wildman–Crippen LogP) is 4.31. The van der Waals surface area contributed by atoms with Crippen LogP contribution in [0.15, 0.2) is 24.3 Å². The van der Waals surface area contributed by atoms with Crippen molar-refractivity contribution in [2.75, 3.05) is 7.11 Å². The van der Waals surface area contributed by atoms with E-state index in [2.05, 4.69) is 31.3 Å². The van der Waals surface area contributed by atoms with E-state index in [0.29, 0.717) is 12.1 Å². The van der Waals surface area contributed by atoms with Gasteiger partial charge in [0.2, 0.25) is 0 Å². The number of para-hydroxylation sites is 1. The largest absolute Gasteiger partial charge is 0.496 e. The van der Waals surface area contributed by atoms with E-state index in [1.807, 2.05) is 12.1 Å². The Balaban J connectivity index is 1.97. The molecule has 1 saturated carbocycles. The highest BCUT2D eigenvalue weighted by molar-refractivity contribution is 5.35. The minimum Gasteiger partial charge on any atom is -0.496 e. The maximum Gasteiger partial charge on any atom is 0.123 e. The van der Waals surface area contributed by atoms with Gasteiger partial charge in [-0.05, 0) is 38.7 Å². The summed E-state index contributed by atoms with van der Waals surface area (Å²) in [5.41, 5.74) is 1.26. The van der Waals surface area contributed by atoms with E-state index in [9.17, 15) is 0 Å². The van der Waals surface area contributed by atoms with E-state index < -0.39 is 0 Å². The van der Waals surface area contributed by atoms with Crippen LogP contribution in [0.5, 0.6) is 5.75 Å². The third kappa shape index (κ3) is 3.73. The molecule has 19 heavy (non-hydrogen) atoms. The fourth-order valence-electron chi connectivity index (χ4n) is 3.28. The van der Waals surface area contributed by atoms with Gasteiger partial charge in [-0.25, -0.2) is 0 Å². The number of hydrogen-bond acceptors (Lipinski definition) is 2. The van der Waals surface area contributed by atoms with E-state index in [1.54, 1.807) is 7.11 Å². The van der Waals surface area contributed by atoms with Crippen LogP contribution >= 0.6 is 0 Å². The SMILES string of the molecule is COc1ccccc1[C@H](C)NC(C)C1CCCCC1. The van der Waals surface area contributed by atoms with Crippen molar-refractivity contribution in [2.45, 2.75) is 58.0 Å². The molecule has 1 fully saturated rings. The molecule has 0 saturated heterocycles. The summed E-state index contributed by atoms with van der Waals surface area (Å²) in [7, 11) is 1.75. The van der Waals surface area contributed by atoms with Crippen molar-refractivity contribution in [3.05, 3.63) is 29.8 Å². The number of ether oxygens (including phenoxy) is 1. The van der Waals surface area contributed by atoms with Gasteiger partial charge >= 0.3 is 0 Å². The first-order valence-electron chi connectivity index (χ1n) is 7.61. The fraction of sp³-hybridized carbons (Fsp3) is 0.647. The van der Waals surface area contributed by atoms with E-state index in [4.69, 9.17) is 4.74 Å². The number of hydrogen-bond donors (Lipinski definition) is 1. The molecule has 0 radical (unpaired) electrons. The van der Waals surface area contributed by atoms with E-state index in [0.717, 1.165) is 11.7 Å².